The molecule has 2 rings (SSSR count). The van der Waals surface area contributed by atoms with Gasteiger partial charge >= 0.3 is 0 Å². The van der Waals surface area contributed by atoms with E-state index in [0.717, 1.165) is 36.9 Å². The van der Waals surface area contributed by atoms with Crippen LogP contribution in [0, 0.1) is 0 Å². The number of rotatable bonds is 1. The van der Waals surface area contributed by atoms with E-state index in [-0.39, 0.29) is 5.56 Å². The Morgan fingerprint density at radius 3 is 2.12 bits per heavy atom. The van der Waals surface area contributed by atoms with Crippen molar-refractivity contribution in [3.8, 4) is 0 Å². The van der Waals surface area contributed by atoms with Crippen molar-refractivity contribution in [2.45, 2.75) is 66.7 Å². The second-order valence-electron chi connectivity index (χ2n) is 3.52. The van der Waals surface area contributed by atoms with Crippen LogP contribution in [-0.2, 0) is 19.3 Å². The first-order valence-corrected chi connectivity index (χ1v) is 6.92. The van der Waals surface area contributed by atoms with Crippen LogP contribution in [0.4, 0.5) is 0 Å². The zero-order valence-corrected chi connectivity index (χ0v) is 11.9. The lowest BCUT2D eigenvalue weighted by molar-refractivity contribution is 0.653. The molecule has 1 heterocycles. The fourth-order valence-electron chi connectivity index (χ4n) is 2.02. The summed E-state index contributed by atoms with van der Waals surface area (Å²) >= 11 is 0. The van der Waals surface area contributed by atoms with Gasteiger partial charge in [0.15, 0.2) is 0 Å². The Kier molecular flexibility index (Phi) is 8.38. The predicted molar refractivity (Wildman–Crippen MR) is 73.6 cm³/mol. The Bertz CT molecular complexity index is 369. The van der Waals surface area contributed by atoms with Gasteiger partial charge in [0.25, 0.3) is 5.56 Å². The first-order valence-electron chi connectivity index (χ1n) is 6.92. The molecule has 1 aromatic heterocycles. The van der Waals surface area contributed by atoms with Crippen LogP contribution in [0.5, 0.6) is 0 Å². The maximum Gasteiger partial charge on any atom is 0.267 e. The Morgan fingerprint density at radius 1 is 1.06 bits per heavy atom. The molecule has 0 unspecified atom stereocenters. The Balaban J connectivity index is 0.000000581. The summed E-state index contributed by atoms with van der Waals surface area (Å²) in [7, 11) is 0. The number of nitrogens with one attached hydrogen (secondary N) is 1. The quantitative estimate of drug-likeness (QED) is 0.816. The standard InChI is InChI=1S/C10H14N2O.2C2H6/c1-2-9-7-5-3-4-6-8(7)10(13)12-11-9;2*1-2/h2-6H2,1H3,(H,12,13);2*1-2H3. The largest absolute Gasteiger partial charge is 0.268 e. The zero-order valence-electron chi connectivity index (χ0n) is 11.9. The van der Waals surface area contributed by atoms with Crippen LogP contribution in [0.2, 0.25) is 0 Å². The van der Waals surface area contributed by atoms with Gasteiger partial charge in [-0.15, -0.1) is 0 Å². The normalized spacial score (nSPS) is 12.5. The van der Waals surface area contributed by atoms with Gasteiger partial charge in [0.2, 0.25) is 0 Å². The fourth-order valence-corrected chi connectivity index (χ4v) is 2.02. The van der Waals surface area contributed by atoms with Crippen molar-refractivity contribution >= 4 is 0 Å². The molecular formula is C14H26N2O. The summed E-state index contributed by atoms with van der Waals surface area (Å²) in [6, 6.07) is 0. The van der Waals surface area contributed by atoms with E-state index in [2.05, 4.69) is 17.1 Å². The van der Waals surface area contributed by atoms with Crippen molar-refractivity contribution in [2.24, 2.45) is 0 Å². The molecule has 0 aliphatic heterocycles. The van der Waals surface area contributed by atoms with Crippen molar-refractivity contribution < 1.29 is 0 Å². The molecule has 1 N–H and O–H groups in total. The number of fused-ring (bicyclic) bond motifs is 1. The van der Waals surface area contributed by atoms with Crippen LogP contribution >= 0.6 is 0 Å². The van der Waals surface area contributed by atoms with Crippen LogP contribution in [0.15, 0.2) is 4.79 Å². The van der Waals surface area contributed by atoms with E-state index in [9.17, 15) is 4.79 Å². The Labute approximate surface area is 105 Å². The highest BCUT2D eigenvalue weighted by Gasteiger charge is 2.16. The van der Waals surface area contributed by atoms with Crippen LogP contribution in [0.25, 0.3) is 0 Å². The van der Waals surface area contributed by atoms with Crippen molar-refractivity contribution in [1.29, 1.82) is 0 Å². The third kappa shape index (κ3) is 3.99. The van der Waals surface area contributed by atoms with Gasteiger partial charge in [-0.1, -0.05) is 34.6 Å². The zero-order chi connectivity index (χ0) is 13.3. The van der Waals surface area contributed by atoms with E-state index in [4.69, 9.17) is 0 Å². The number of aromatic amines is 1. The van der Waals surface area contributed by atoms with Crippen molar-refractivity contribution in [3.05, 3.63) is 27.2 Å². The second-order valence-corrected chi connectivity index (χ2v) is 3.52. The molecule has 0 spiro atoms. The van der Waals surface area contributed by atoms with Gasteiger partial charge in [0.05, 0.1) is 5.69 Å². The van der Waals surface area contributed by atoms with Crippen LogP contribution in [-0.4, -0.2) is 10.2 Å². The molecule has 0 saturated heterocycles. The number of nitrogens with zero attached hydrogens (tertiary/aromatic N) is 1. The highest BCUT2D eigenvalue weighted by atomic mass is 16.1. The molecule has 0 radical (unpaired) electrons. The third-order valence-electron chi connectivity index (χ3n) is 2.72. The molecule has 0 amide bonds. The topological polar surface area (TPSA) is 45.8 Å². The average Bonchev–Trinajstić information content (AvgIpc) is 2.44. The molecule has 3 heteroatoms. The van der Waals surface area contributed by atoms with Crippen LogP contribution in [0.3, 0.4) is 0 Å². The molecule has 0 atom stereocenters. The summed E-state index contributed by atoms with van der Waals surface area (Å²) in [4.78, 5) is 11.4. The van der Waals surface area contributed by atoms with Gasteiger partial charge in [-0.2, -0.15) is 5.10 Å². The second kappa shape index (κ2) is 8.97. The van der Waals surface area contributed by atoms with E-state index in [1.807, 2.05) is 27.7 Å². The van der Waals surface area contributed by atoms with Crippen molar-refractivity contribution in [3.63, 3.8) is 0 Å². The fraction of sp³-hybridized carbons (Fsp3) is 0.714. The monoisotopic (exact) mass is 238 g/mol. The Morgan fingerprint density at radius 2 is 1.59 bits per heavy atom. The third-order valence-corrected chi connectivity index (χ3v) is 2.72. The first-order chi connectivity index (χ1) is 8.33. The minimum Gasteiger partial charge on any atom is -0.268 e. The minimum atomic E-state index is 0.0203. The van der Waals surface area contributed by atoms with E-state index < -0.39 is 0 Å². The van der Waals surface area contributed by atoms with Crippen LogP contribution < -0.4 is 5.56 Å². The lowest BCUT2D eigenvalue weighted by Crippen LogP contribution is -2.22. The highest BCUT2D eigenvalue weighted by Crippen LogP contribution is 2.19. The van der Waals surface area contributed by atoms with Crippen LogP contribution in [0.1, 0.15) is 64.3 Å². The smallest absolute Gasteiger partial charge is 0.267 e. The number of hydrogen-bond acceptors (Lipinski definition) is 2. The lowest BCUT2D eigenvalue weighted by Gasteiger charge is -2.16. The molecule has 98 valence electrons. The molecule has 0 fully saturated rings. The average molecular weight is 238 g/mol. The maximum atomic E-state index is 11.4. The summed E-state index contributed by atoms with van der Waals surface area (Å²) in [5.41, 5.74) is 3.30. The molecule has 0 bridgehead atoms. The summed E-state index contributed by atoms with van der Waals surface area (Å²) < 4.78 is 0. The molecule has 0 saturated carbocycles. The number of H-pyrrole nitrogens is 1. The first kappa shape index (κ1) is 15.9. The van der Waals surface area contributed by atoms with E-state index >= 15 is 0 Å². The summed E-state index contributed by atoms with van der Waals surface area (Å²) in [6.07, 6.45) is 5.23. The molecule has 17 heavy (non-hydrogen) atoms. The summed E-state index contributed by atoms with van der Waals surface area (Å²) in [5.74, 6) is 0. The molecule has 1 aliphatic rings. The minimum absolute atomic E-state index is 0.0203. The lowest BCUT2D eigenvalue weighted by atomic mass is 9.91. The number of aromatic nitrogens is 2. The molecule has 1 aromatic rings. The van der Waals surface area contributed by atoms with Gasteiger partial charge in [-0.3, -0.25) is 4.79 Å². The van der Waals surface area contributed by atoms with Gasteiger partial charge in [0.1, 0.15) is 0 Å². The van der Waals surface area contributed by atoms with E-state index in [1.165, 1.54) is 12.0 Å². The molecule has 1 aliphatic carbocycles. The van der Waals surface area contributed by atoms with Gasteiger partial charge in [-0.05, 0) is 37.7 Å². The predicted octanol–water partition coefficient (Wildman–Crippen LogP) is 3.26. The van der Waals surface area contributed by atoms with Crippen molar-refractivity contribution in [2.75, 3.05) is 0 Å². The van der Waals surface area contributed by atoms with Crippen molar-refractivity contribution in [1.82, 2.24) is 10.2 Å². The molecular weight excluding hydrogens is 212 g/mol. The van der Waals surface area contributed by atoms with E-state index in [0.29, 0.717) is 0 Å². The molecule has 3 nitrogen and oxygen atoms in total. The van der Waals surface area contributed by atoms with Gasteiger partial charge < -0.3 is 0 Å². The highest BCUT2D eigenvalue weighted by molar-refractivity contribution is 5.29. The number of hydrogen-bond donors (Lipinski definition) is 1. The molecule has 0 aromatic carbocycles. The van der Waals surface area contributed by atoms with E-state index in [1.54, 1.807) is 0 Å². The maximum absolute atomic E-state index is 11.4. The van der Waals surface area contributed by atoms with Gasteiger partial charge in [-0.25, -0.2) is 5.10 Å². The summed E-state index contributed by atoms with van der Waals surface area (Å²) in [5, 5.41) is 6.65. The number of aryl methyl sites for hydroxylation is 1. The van der Waals surface area contributed by atoms with Gasteiger partial charge in [0, 0.05) is 5.56 Å². The Hall–Kier alpha value is -1.12. The summed E-state index contributed by atoms with van der Waals surface area (Å²) in [6.45, 7) is 10.1. The SMILES string of the molecule is CC.CC.CCc1n[nH]c(=O)c2c1CCCC2.